The lowest BCUT2D eigenvalue weighted by Crippen LogP contribution is -2.32. The van der Waals surface area contributed by atoms with Crippen molar-refractivity contribution in [3.63, 3.8) is 0 Å². The molecule has 1 aliphatic heterocycles. The molecule has 0 spiro atoms. The van der Waals surface area contributed by atoms with Crippen molar-refractivity contribution < 1.29 is 24.2 Å². The van der Waals surface area contributed by atoms with E-state index in [4.69, 9.17) is 9.47 Å². The summed E-state index contributed by atoms with van der Waals surface area (Å²) in [5.74, 6) is 0.00713. The molecule has 1 aromatic heterocycles. The van der Waals surface area contributed by atoms with Crippen LogP contribution in [0.15, 0.2) is 103 Å². The highest BCUT2D eigenvalue weighted by Crippen LogP contribution is 2.39. The van der Waals surface area contributed by atoms with Gasteiger partial charge < -0.3 is 29.8 Å². The van der Waals surface area contributed by atoms with Crippen LogP contribution >= 0.6 is 0 Å². The molecular weight excluding hydrogens is 616 g/mol. The van der Waals surface area contributed by atoms with E-state index in [1.807, 2.05) is 60.9 Å². The summed E-state index contributed by atoms with van der Waals surface area (Å²) in [6.07, 6.45) is 4.74. The minimum atomic E-state index is -0.558. The number of hydrogen-bond acceptors (Lipinski definition) is 6. The maximum atomic E-state index is 12.4. The number of aliphatic hydroxyl groups excluding tert-OH is 1. The fourth-order valence-corrected chi connectivity index (χ4v) is 6.24. The van der Waals surface area contributed by atoms with Crippen molar-refractivity contribution in [2.45, 2.75) is 77.2 Å². The van der Waals surface area contributed by atoms with Gasteiger partial charge in [0.05, 0.1) is 42.7 Å². The Labute approximate surface area is 287 Å². The van der Waals surface area contributed by atoms with Gasteiger partial charge >= 0.3 is 0 Å². The molecule has 4 aromatic carbocycles. The van der Waals surface area contributed by atoms with Gasteiger partial charge in [0.1, 0.15) is 0 Å². The standard InChI is InChI=1S/C40H44N4O5/c1-28(46)41-21-6-2-3-12-39(47)42-24-30-8-7-9-34(22-30)31-17-19-33(20-18-31)40-48-35(25-44-27-43-36-10-4-5-11-37(36)44)23-38(49-40)32-15-13-29(26-45)14-16-32/h4-5,7-11,13-20,22,27,35,38,40,45H,2-3,6,12,21,23-26H2,1H3,(H,41,46)(H,42,47)/t35-,38+,40+/m1/s1. The number of fused-ring (bicyclic) bond motifs is 1. The quantitative estimate of drug-likeness (QED) is 0.114. The molecule has 0 saturated carbocycles. The van der Waals surface area contributed by atoms with Gasteiger partial charge in [0.15, 0.2) is 6.29 Å². The van der Waals surface area contributed by atoms with Crippen molar-refractivity contribution in [2.24, 2.45) is 0 Å². The third-order valence-electron chi connectivity index (χ3n) is 8.93. The third kappa shape index (κ3) is 9.20. The van der Waals surface area contributed by atoms with Gasteiger partial charge in [-0.1, -0.05) is 85.3 Å². The van der Waals surface area contributed by atoms with Crippen molar-refractivity contribution in [1.29, 1.82) is 0 Å². The number of carbonyl (C=O) groups is 2. The highest BCUT2D eigenvalue weighted by Gasteiger charge is 2.32. The van der Waals surface area contributed by atoms with Crippen LogP contribution < -0.4 is 10.6 Å². The lowest BCUT2D eigenvalue weighted by molar-refractivity contribution is -0.252. The number of amides is 2. The van der Waals surface area contributed by atoms with Crippen LogP contribution in [0.5, 0.6) is 0 Å². The van der Waals surface area contributed by atoms with Gasteiger partial charge in [0.2, 0.25) is 11.8 Å². The Balaban J connectivity index is 1.10. The third-order valence-corrected chi connectivity index (χ3v) is 8.93. The predicted molar refractivity (Wildman–Crippen MR) is 189 cm³/mol. The Bertz CT molecular complexity index is 1840. The molecule has 0 bridgehead atoms. The molecule has 1 fully saturated rings. The summed E-state index contributed by atoms with van der Waals surface area (Å²) in [5.41, 5.74) is 8.02. The summed E-state index contributed by atoms with van der Waals surface area (Å²) in [7, 11) is 0. The molecule has 2 heterocycles. The zero-order valence-corrected chi connectivity index (χ0v) is 27.9. The normalized spacial score (nSPS) is 17.6. The zero-order valence-electron chi connectivity index (χ0n) is 27.9. The number of nitrogens with one attached hydrogen (secondary N) is 2. The first-order valence-electron chi connectivity index (χ1n) is 17.1. The topological polar surface area (TPSA) is 115 Å². The van der Waals surface area contributed by atoms with Crippen molar-refractivity contribution in [3.05, 3.63) is 126 Å². The second-order valence-electron chi connectivity index (χ2n) is 12.6. The Kier molecular flexibility index (Phi) is 11.5. The van der Waals surface area contributed by atoms with Gasteiger partial charge in [-0.25, -0.2) is 4.98 Å². The fraction of sp³-hybridized carbons (Fsp3) is 0.325. The number of unbranched alkanes of at least 4 members (excludes halogenated alkanes) is 2. The first-order valence-corrected chi connectivity index (χ1v) is 17.1. The van der Waals surface area contributed by atoms with E-state index in [9.17, 15) is 14.7 Å². The van der Waals surface area contributed by atoms with Crippen molar-refractivity contribution >= 4 is 22.8 Å². The molecule has 0 radical (unpaired) electrons. The fourth-order valence-electron chi connectivity index (χ4n) is 6.24. The minimum Gasteiger partial charge on any atom is -0.392 e. The number of rotatable bonds is 14. The first kappa shape index (κ1) is 34.0. The van der Waals surface area contributed by atoms with Gasteiger partial charge in [-0.3, -0.25) is 9.59 Å². The van der Waals surface area contributed by atoms with E-state index >= 15 is 0 Å². The molecule has 6 rings (SSSR count). The molecule has 49 heavy (non-hydrogen) atoms. The SMILES string of the molecule is CC(=O)NCCCCCC(=O)NCc1cccc(-c2ccc([C@H]3O[C@@H](Cn4cnc5ccccc54)C[C@@H](c4ccc(CO)cc4)O3)cc2)c1. The summed E-state index contributed by atoms with van der Waals surface area (Å²) in [5, 5.41) is 15.4. The van der Waals surface area contributed by atoms with E-state index < -0.39 is 6.29 Å². The maximum absolute atomic E-state index is 12.4. The first-order chi connectivity index (χ1) is 23.9. The van der Waals surface area contributed by atoms with Gasteiger partial charge in [-0.05, 0) is 58.9 Å². The van der Waals surface area contributed by atoms with Gasteiger partial charge in [-0.15, -0.1) is 0 Å². The largest absolute Gasteiger partial charge is 0.392 e. The van der Waals surface area contributed by atoms with Crippen LogP contribution in [0.25, 0.3) is 22.2 Å². The monoisotopic (exact) mass is 660 g/mol. The average Bonchev–Trinajstić information content (AvgIpc) is 3.54. The maximum Gasteiger partial charge on any atom is 0.220 e. The highest BCUT2D eigenvalue weighted by molar-refractivity contribution is 5.76. The molecule has 1 saturated heterocycles. The van der Waals surface area contributed by atoms with Crippen LogP contribution in [0.4, 0.5) is 0 Å². The Morgan fingerprint density at radius 2 is 1.63 bits per heavy atom. The molecule has 3 atom stereocenters. The van der Waals surface area contributed by atoms with E-state index in [-0.39, 0.29) is 30.6 Å². The van der Waals surface area contributed by atoms with Gasteiger partial charge in [0.25, 0.3) is 0 Å². The second kappa shape index (κ2) is 16.5. The highest BCUT2D eigenvalue weighted by atomic mass is 16.7. The van der Waals surface area contributed by atoms with Crippen LogP contribution in [0, 0.1) is 0 Å². The molecule has 9 nitrogen and oxygen atoms in total. The molecular formula is C40H44N4O5. The number of ether oxygens (including phenoxy) is 2. The van der Waals surface area contributed by atoms with Gasteiger partial charge in [-0.2, -0.15) is 0 Å². The number of hydrogen-bond donors (Lipinski definition) is 3. The molecule has 254 valence electrons. The van der Waals surface area contributed by atoms with Crippen LogP contribution in [0.1, 0.15) is 73.7 Å². The van der Waals surface area contributed by atoms with Crippen LogP contribution in [-0.2, 0) is 38.8 Å². The number of imidazole rings is 1. The minimum absolute atomic E-state index is 0.000789. The number of carbonyl (C=O) groups excluding carboxylic acids is 2. The van der Waals surface area contributed by atoms with E-state index in [1.54, 1.807) is 0 Å². The Hall–Kier alpha value is -4.83. The van der Waals surface area contributed by atoms with Crippen LogP contribution in [0.3, 0.4) is 0 Å². The van der Waals surface area contributed by atoms with E-state index in [0.717, 1.165) is 63.7 Å². The van der Waals surface area contributed by atoms with E-state index in [0.29, 0.717) is 32.5 Å². The summed E-state index contributed by atoms with van der Waals surface area (Å²) >= 11 is 0. The predicted octanol–water partition coefficient (Wildman–Crippen LogP) is 6.75. The number of benzene rings is 4. The van der Waals surface area contributed by atoms with E-state index in [2.05, 4.69) is 62.6 Å². The smallest absolute Gasteiger partial charge is 0.220 e. The molecule has 2 amide bonds. The number of nitrogens with zero attached hydrogens (tertiary/aromatic N) is 2. The lowest BCUT2D eigenvalue weighted by atomic mass is 9.99. The summed E-state index contributed by atoms with van der Waals surface area (Å²) in [6.45, 7) is 3.27. The summed E-state index contributed by atoms with van der Waals surface area (Å²) < 4.78 is 15.3. The average molecular weight is 661 g/mol. The van der Waals surface area contributed by atoms with Crippen molar-refractivity contribution in [1.82, 2.24) is 20.2 Å². The number of aliphatic hydroxyl groups is 1. The Morgan fingerprint density at radius 3 is 2.43 bits per heavy atom. The Morgan fingerprint density at radius 1 is 0.837 bits per heavy atom. The molecule has 0 unspecified atom stereocenters. The van der Waals surface area contributed by atoms with Crippen LogP contribution in [0.2, 0.25) is 0 Å². The molecule has 3 N–H and O–H groups in total. The van der Waals surface area contributed by atoms with Crippen molar-refractivity contribution in [3.8, 4) is 11.1 Å². The van der Waals surface area contributed by atoms with Crippen molar-refractivity contribution in [2.75, 3.05) is 6.54 Å². The summed E-state index contributed by atoms with van der Waals surface area (Å²) in [4.78, 5) is 27.9. The van der Waals surface area contributed by atoms with Crippen LogP contribution in [-0.4, -0.2) is 39.1 Å². The van der Waals surface area contributed by atoms with E-state index in [1.165, 1.54) is 6.92 Å². The zero-order chi connectivity index (χ0) is 34.0. The molecule has 5 aromatic rings. The molecule has 9 heteroatoms. The number of aromatic nitrogens is 2. The second-order valence-corrected chi connectivity index (χ2v) is 12.6. The van der Waals surface area contributed by atoms with Gasteiger partial charge in [0, 0.05) is 38.4 Å². The molecule has 1 aliphatic rings. The summed E-state index contributed by atoms with van der Waals surface area (Å²) in [6, 6.07) is 32.5. The molecule has 0 aliphatic carbocycles. The lowest BCUT2D eigenvalue weighted by Gasteiger charge is -2.36. The number of para-hydroxylation sites is 2.